The molecule has 18 heavy (non-hydrogen) atoms. The first-order chi connectivity index (χ1) is 8.54. The maximum absolute atomic E-state index is 11.6. The van der Waals surface area contributed by atoms with E-state index in [4.69, 9.17) is 0 Å². The van der Waals surface area contributed by atoms with Crippen LogP contribution in [0, 0.1) is 17.3 Å². The van der Waals surface area contributed by atoms with Crippen molar-refractivity contribution in [1.82, 2.24) is 4.90 Å². The monoisotopic (exact) mass is 253 g/mol. The zero-order chi connectivity index (χ0) is 13.2. The van der Waals surface area contributed by atoms with Crippen LogP contribution < -0.4 is 0 Å². The maximum Gasteiger partial charge on any atom is 0.127 e. The van der Waals surface area contributed by atoms with Gasteiger partial charge in [0.25, 0.3) is 0 Å². The molecule has 0 radical (unpaired) electrons. The lowest BCUT2D eigenvalue weighted by Crippen LogP contribution is -2.48. The highest BCUT2D eigenvalue weighted by Crippen LogP contribution is 2.39. The molecule has 4 atom stereocenters. The van der Waals surface area contributed by atoms with Gasteiger partial charge in [-0.05, 0) is 31.1 Å². The molecule has 0 bridgehead atoms. The van der Waals surface area contributed by atoms with Crippen molar-refractivity contribution in [2.75, 3.05) is 19.6 Å². The van der Waals surface area contributed by atoms with E-state index in [1.165, 1.54) is 19.1 Å². The number of hydrogen-bond donors (Lipinski definition) is 1. The fourth-order valence-electron chi connectivity index (χ4n) is 3.80. The second kappa shape index (κ2) is 5.70. The first-order valence-corrected chi connectivity index (χ1v) is 7.41. The highest BCUT2D eigenvalue weighted by atomic mass is 16.3. The van der Waals surface area contributed by atoms with E-state index in [1.807, 2.05) is 0 Å². The molecule has 1 saturated heterocycles. The Kier molecular flexibility index (Phi) is 4.44. The summed E-state index contributed by atoms with van der Waals surface area (Å²) in [4.78, 5) is 14.0. The van der Waals surface area contributed by atoms with Gasteiger partial charge in [0.2, 0.25) is 0 Å². The van der Waals surface area contributed by atoms with Gasteiger partial charge in [-0.3, -0.25) is 0 Å². The molecule has 1 heterocycles. The van der Waals surface area contributed by atoms with Gasteiger partial charge in [0.05, 0.1) is 6.10 Å². The van der Waals surface area contributed by atoms with Gasteiger partial charge in [0, 0.05) is 25.0 Å². The molecule has 3 heteroatoms. The van der Waals surface area contributed by atoms with Crippen molar-refractivity contribution in [3.63, 3.8) is 0 Å². The zero-order valence-electron chi connectivity index (χ0n) is 11.8. The first-order valence-electron chi connectivity index (χ1n) is 7.41. The SMILES string of the molecule is CC1CCCC(C=O)(CN2CCC(O)C(C)C2)C1. The third-order valence-corrected chi connectivity index (χ3v) is 4.86. The summed E-state index contributed by atoms with van der Waals surface area (Å²) in [7, 11) is 0. The van der Waals surface area contributed by atoms with Crippen molar-refractivity contribution in [1.29, 1.82) is 0 Å². The minimum Gasteiger partial charge on any atom is -0.393 e. The third-order valence-electron chi connectivity index (χ3n) is 4.86. The van der Waals surface area contributed by atoms with Crippen LogP contribution in [0.25, 0.3) is 0 Å². The molecule has 1 saturated carbocycles. The van der Waals surface area contributed by atoms with Gasteiger partial charge < -0.3 is 14.8 Å². The smallest absolute Gasteiger partial charge is 0.127 e. The van der Waals surface area contributed by atoms with Gasteiger partial charge >= 0.3 is 0 Å². The van der Waals surface area contributed by atoms with Gasteiger partial charge in [-0.2, -0.15) is 0 Å². The Bertz CT molecular complexity index is 294. The molecule has 0 aromatic heterocycles. The molecule has 2 fully saturated rings. The van der Waals surface area contributed by atoms with Crippen LogP contribution in [0.5, 0.6) is 0 Å². The van der Waals surface area contributed by atoms with E-state index < -0.39 is 0 Å². The largest absolute Gasteiger partial charge is 0.393 e. The summed E-state index contributed by atoms with van der Waals surface area (Å²) in [5.41, 5.74) is -0.111. The Morgan fingerprint density at radius 3 is 2.78 bits per heavy atom. The molecule has 1 N–H and O–H groups in total. The number of carbonyl (C=O) groups is 1. The Hall–Kier alpha value is -0.410. The molecule has 0 spiro atoms. The van der Waals surface area contributed by atoms with Gasteiger partial charge in [-0.15, -0.1) is 0 Å². The minimum absolute atomic E-state index is 0.111. The predicted molar refractivity (Wildman–Crippen MR) is 72.4 cm³/mol. The van der Waals surface area contributed by atoms with Crippen molar-refractivity contribution in [3.8, 4) is 0 Å². The van der Waals surface area contributed by atoms with Crippen LogP contribution in [-0.4, -0.2) is 42.0 Å². The quantitative estimate of drug-likeness (QED) is 0.783. The minimum atomic E-state index is -0.154. The average molecular weight is 253 g/mol. The lowest BCUT2D eigenvalue weighted by molar-refractivity contribution is -0.120. The number of aliphatic hydroxyl groups is 1. The molecule has 2 rings (SSSR count). The average Bonchev–Trinajstić information content (AvgIpc) is 2.34. The molecule has 4 unspecified atom stereocenters. The molecule has 1 aliphatic heterocycles. The number of carbonyl (C=O) groups excluding carboxylic acids is 1. The van der Waals surface area contributed by atoms with Crippen LogP contribution in [0.3, 0.4) is 0 Å². The summed E-state index contributed by atoms with van der Waals surface area (Å²) in [5, 5.41) is 9.77. The zero-order valence-corrected chi connectivity index (χ0v) is 11.8. The summed E-state index contributed by atoms with van der Waals surface area (Å²) in [6, 6.07) is 0. The highest BCUT2D eigenvalue weighted by Gasteiger charge is 2.37. The number of aldehydes is 1. The molecule has 3 nitrogen and oxygen atoms in total. The van der Waals surface area contributed by atoms with Gasteiger partial charge in [-0.1, -0.05) is 26.7 Å². The number of rotatable bonds is 3. The van der Waals surface area contributed by atoms with Gasteiger partial charge in [-0.25, -0.2) is 0 Å². The van der Waals surface area contributed by atoms with Crippen LogP contribution >= 0.6 is 0 Å². The molecular formula is C15H27NO2. The van der Waals surface area contributed by atoms with E-state index in [2.05, 4.69) is 18.7 Å². The van der Waals surface area contributed by atoms with Crippen LogP contribution in [0.1, 0.15) is 46.0 Å². The topological polar surface area (TPSA) is 40.5 Å². The predicted octanol–water partition coefficient (Wildman–Crippen LogP) is 2.08. The van der Waals surface area contributed by atoms with Gasteiger partial charge in [0.1, 0.15) is 6.29 Å². The molecule has 2 aliphatic rings. The highest BCUT2D eigenvalue weighted by molar-refractivity contribution is 5.60. The van der Waals surface area contributed by atoms with E-state index in [9.17, 15) is 9.90 Å². The molecule has 0 aromatic rings. The Balaban J connectivity index is 1.95. The summed E-state index contributed by atoms with van der Waals surface area (Å²) in [5.74, 6) is 1.01. The Morgan fingerprint density at radius 1 is 1.39 bits per heavy atom. The molecule has 0 aromatic carbocycles. The van der Waals surface area contributed by atoms with E-state index in [-0.39, 0.29) is 11.5 Å². The maximum atomic E-state index is 11.6. The van der Waals surface area contributed by atoms with E-state index in [0.717, 1.165) is 38.9 Å². The number of aliphatic hydroxyl groups excluding tert-OH is 1. The Labute approximate surface area is 111 Å². The first kappa shape index (κ1) is 14.0. The lowest BCUT2D eigenvalue weighted by atomic mass is 9.70. The van der Waals surface area contributed by atoms with Crippen molar-refractivity contribution in [2.45, 2.75) is 52.1 Å². The van der Waals surface area contributed by atoms with E-state index in [1.54, 1.807) is 0 Å². The second-order valence-electron chi connectivity index (χ2n) is 6.75. The van der Waals surface area contributed by atoms with Crippen LogP contribution in [0.2, 0.25) is 0 Å². The summed E-state index contributed by atoms with van der Waals surface area (Å²) in [6.45, 7) is 7.15. The van der Waals surface area contributed by atoms with Crippen molar-refractivity contribution in [3.05, 3.63) is 0 Å². The normalized spacial score (nSPS) is 42.7. The standard InChI is InChI=1S/C15H27NO2/c1-12-4-3-6-15(8-12,11-17)10-16-7-5-14(18)13(2)9-16/h11-14,18H,3-10H2,1-2H3. The van der Waals surface area contributed by atoms with Crippen molar-refractivity contribution >= 4 is 6.29 Å². The molecule has 104 valence electrons. The van der Waals surface area contributed by atoms with Crippen molar-refractivity contribution < 1.29 is 9.90 Å². The fraction of sp³-hybridized carbons (Fsp3) is 0.933. The lowest BCUT2D eigenvalue weighted by Gasteiger charge is -2.42. The fourth-order valence-corrected chi connectivity index (χ4v) is 3.80. The number of hydrogen-bond acceptors (Lipinski definition) is 3. The van der Waals surface area contributed by atoms with Crippen LogP contribution in [0.4, 0.5) is 0 Å². The third kappa shape index (κ3) is 3.12. The second-order valence-corrected chi connectivity index (χ2v) is 6.75. The number of nitrogens with zero attached hydrogens (tertiary/aromatic N) is 1. The van der Waals surface area contributed by atoms with Gasteiger partial charge in [0.15, 0.2) is 0 Å². The summed E-state index contributed by atoms with van der Waals surface area (Å²) < 4.78 is 0. The summed E-state index contributed by atoms with van der Waals surface area (Å²) in [6.07, 6.45) is 6.47. The molecule has 1 aliphatic carbocycles. The Morgan fingerprint density at radius 2 is 2.17 bits per heavy atom. The van der Waals surface area contributed by atoms with E-state index in [0.29, 0.717) is 11.8 Å². The van der Waals surface area contributed by atoms with Crippen LogP contribution in [-0.2, 0) is 4.79 Å². The molecular weight excluding hydrogens is 226 g/mol. The van der Waals surface area contributed by atoms with E-state index >= 15 is 0 Å². The summed E-state index contributed by atoms with van der Waals surface area (Å²) >= 11 is 0. The number of likely N-dealkylation sites (tertiary alicyclic amines) is 1. The molecule has 0 amide bonds. The van der Waals surface area contributed by atoms with Crippen LogP contribution in [0.15, 0.2) is 0 Å². The van der Waals surface area contributed by atoms with Crippen molar-refractivity contribution in [2.24, 2.45) is 17.3 Å². The number of piperidine rings is 1.